The maximum Gasteiger partial charge on any atom is 0.248 e. The zero-order chi connectivity index (χ0) is 23.8. The summed E-state index contributed by atoms with van der Waals surface area (Å²) in [6.45, 7) is 9.98. The smallest absolute Gasteiger partial charge is 0.248 e. The van der Waals surface area contributed by atoms with Crippen molar-refractivity contribution in [1.82, 2.24) is 0 Å². The molecule has 32 heavy (non-hydrogen) atoms. The molecule has 0 heterocycles. The minimum atomic E-state index is -4.20. The van der Waals surface area contributed by atoms with Gasteiger partial charge in [-0.2, -0.15) is 0 Å². The molecule has 0 saturated carbocycles. The number of benzene rings is 3. The molecule has 0 bridgehead atoms. The van der Waals surface area contributed by atoms with E-state index >= 15 is 0 Å². The first kappa shape index (κ1) is 24.8. The fraction of sp³-hybridized carbons (Fsp3) is 0.231. The van der Waals surface area contributed by atoms with Crippen LogP contribution in [0.2, 0.25) is 0 Å². The first-order valence-corrected chi connectivity index (χ1v) is 13.5. The second-order valence-electron chi connectivity index (χ2n) is 8.89. The van der Waals surface area contributed by atoms with Crippen LogP contribution in [0.15, 0.2) is 69.6 Å². The Kier molecular flexibility index (Phi) is 7.14. The van der Waals surface area contributed by atoms with Gasteiger partial charge in [-0.15, -0.1) is 0 Å². The molecule has 0 N–H and O–H groups in total. The van der Waals surface area contributed by atoms with E-state index in [1.165, 1.54) is 0 Å². The SMILES string of the molecule is Cc1cc(C(C)(C)C)cc(C)c1C(=O)P(=O)(C(=O)c1c(Br)cccc1Br)c1ccccc1. The Labute approximate surface area is 206 Å². The zero-order valence-electron chi connectivity index (χ0n) is 18.7. The van der Waals surface area contributed by atoms with Gasteiger partial charge in [-0.25, -0.2) is 0 Å². The van der Waals surface area contributed by atoms with Crippen molar-refractivity contribution < 1.29 is 14.2 Å². The number of carbonyl (C=O) groups is 2. The molecule has 1 unspecified atom stereocenters. The lowest BCUT2D eigenvalue weighted by molar-refractivity contribution is 0.104. The summed E-state index contributed by atoms with van der Waals surface area (Å²) in [5.41, 5.74) is 1.65. The van der Waals surface area contributed by atoms with Gasteiger partial charge < -0.3 is 4.57 Å². The standard InChI is InChI=1S/C26H25Br2O3P/c1-16-14-18(26(3,4)5)15-17(2)22(16)24(29)32(31,19-10-7-6-8-11-19)25(30)23-20(27)12-9-13-21(23)28/h6-15H,1-5H3. The number of halogens is 2. The van der Waals surface area contributed by atoms with E-state index in [4.69, 9.17) is 0 Å². The van der Waals surface area contributed by atoms with Gasteiger partial charge in [0.2, 0.25) is 18.2 Å². The molecule has 0 radical (unpaired) electrons. The summed E-state index contributed by atoms with van der Waals surface area (Å²) in [4.78, 5) is 27.8. The highest BCUT2D eigenvalue weighted by Gasteiger charge is 2.45. The van der Waals surface area contributed by atoms with Gasteiger partial charge >= 0.3 is 0 Å². The van der Waals surface area contributed by atoms with Crippen molar-refractivity contribution in [2.75, 3.05) is 0 Å². The summed E-state index contributed by atoms with van der Waals surface area (Å²) in [5, 5.41) is 0.233. The summed E-state index contributed by atoms with van der Waals surface area (Å²) in [7, 11) is -4.20. The molecule has 166 valence electrons. The molecule has 3 aromatic rings. The monoisotopic (exact) mass is 574 g/mol. The third-order valence-corrected chi connectivity index (χ3v) is 9.42. The molecule has 3 nitrogen and oxygen atoms in total. The van der Waals surface area contributed by atoms with Crippen molar-refractivity contribution in [2.45, 2.75) is 40.0 Å². The minimum Gasteiger partial charge on any atom is -0.302 e. The summed E-state index contributed by atoms with van der Waals surface area (Å²) in [6, 6.07) is 17.4. The Balaban J connectivity index is 2.29. The maximum atomic E-state index is 14.6. The van der Waals surface area contributed by atoms with Crippen LogP contribution in [0.25, 0.3) is 0 Å². The Bertz CT molecular complexity index is 1210. The first-order chi connectivity index (χ1) is 14.9. The number of carbonyl (C=O) groups excluding carboxylic acids is 2. The molecule has 0 saturated heterocycles. The molecule has 0 amide bonds. The maximum absolute atomic E-state index is 14.6. The van der Waals surface area contributed by atoms with Gasteiger partial charge in [0.05, 0.1) is 5.56 Å². The summed E-state index contributed by atoms with van der Waals surface area (Å²) >= 11 is 6.79. The number of aryl methyl sites for hydroxylation is 2. The first-order valence-electron chi connectivity index (χ1n) is 10.2. The van der Waals surface area contributed by atoms with Crippen molar-refractivity contribution in [2.24, 2.45) is 0 Å². The van der Waals surface area contributed by atoms with Crippen LogP contribution >= 0.6 is 39.0 Å². The molecule has 0 aliphatic carbocycles. The van der Waals surface area contributed by atoms with Gasteiger partial charge in [-0.3, -0.25) is 9.59 Å². The normalized spacial score (nSPS) is 13.5. The molecule has 0 aliphatic rings. The van der Waals surface area contributed by atoms with Crippen LogP contribution in [-0.4, -0.2) is 11.0 Å². The fourth-order valence-electron chi connectivity index (χ4n) is 3.72. The van der Waals surface area contributed by atoms with E-state index in [1.807, 2.05) is 26.0 Å². The van der Waals surface area contributed by atoms with E-state index in [2.05, 4.69) is 52.6 Å². The molecule has 0 fully saturated rings. The molecule has 0 spiro atoms. The van der Waals surface area contributed by atoms with E-state index in [0.29, 0.717) is 14.5 Å². The highest BCUT2D eigenvalue weighted by Crippen LogP contribution is 2.53. The molecule has 0 aliphatic heterocycles. The van der Waals surface area contributed by atoms with Crippen LogP contribution in [0, 0.1) is 13.8 Å². The van der Waals surface area contributed by atoms with Crippen molar-refractivity contribution >= 4 is 55.4 Å². The Morgan fingerprint density at radius 3 is 1.69 bits per heavy atom. The van der Waals surface area contributed by atoms with E-state index < -0.39 is 18.2 Å². The quantitative estimate of drug-likeness (QED) is 0.292. The second kappa shape index (κ2) is 9.21. The third-order valence-electron chi connectivity index (χ3n) is 5.48. The molecule has 0 aromatic heterocycles. The molecule has 3 rings (SSSR count). The predicted molar refractivity (Wildman–Crippen MR) is 139 cm³/mol. The van der Waals surface area contributed by atoms with Crippen LogP contribution in [0.1, 0.15) is 58.2 Å². The number of hydrogen-bond acceptors (Lipinski definition) is 3. The lowest BCUT2D eigenvalue weighted by Gasteiger charge is -2.24. The van der Waals surface area contributed by atoms with Crippen molar-refractivity contribution in [3.63, 3.8) is 0 Å². The Morgan fingerprint density at radius 1 is 0.750 bits per heavy atom. The molecule has 3 aromatic carbocycles. The highest BCUT2D eigenvalue weighted by molar-refractivity contribution is 9.11. The fourth-order valence-corrected chi connectivity index (χ4v) is 7.85. The molecule has 6 heteroatoms. The third kappa shape index (κ3) is 4.48. The van der Waals surface area contributed by atoms with Gasteiger partial charge in [0.15, 0.2) is 0 Å². The van der Waals surface area contributed by atoms with Crippen LogP contribution in [0.3, 0.4) is 0 Å². The highest BCUT2D eigenvalue weighted by atomic mass is 79.9. The van der Waals surface area contributed by atoms with Crippen LogP contribution in [0.5, 0.6) is 0 Å². The summed E-state index contributed by atoms with van der Waals surface area (Å²) in [5.74, 6) is 0. The van der Waals surface area contributed by atoms with Gasteiger partial charge in [0.25, 0.3) is 0 Å². The van der Waals surface area contributed by atoms with E-state index in [-0.39, 0.29) is 16.3 Å². The van der Waals surface area contributed by atoms with Crippen molar-refractivity contribution in [3.8, 4) is 0 Å². The lowest BCUT2D eigenvalue weighted by Crippen LogP contribution is -2.23. The van der Waals surface area contributed by atoms with Gasteiger partial charge in [0.1, 0.15) is 0 Å². The number of rotatable bonds is 5. The second-order valence-corrected chi connectivity index (χ2v) is 13.1. The summed E-state index contributed by atoms with van der Waals surface area (Å²) in [6.07, 6.45) is 0. The van der Waals surface area contributed by atoms with Gasteiger partial charge in [0, 0.05) is 19.8 Å². The average Bonchev–Trinajstić information content (AvgIpc) is 2.72. The van der Waals surface area contributed by atoms with Crippen LogP contribution in [-0.2, 0) is 9.98 Å². The predicted octanol–water partition coefficient (Wildman–Crippen LogP) is 7.80. The zero-order valence-corrected chi connectivity index (χ0v) is 22.8. The van der Waals surface area contributed by atoms with Crippen molar-refractivity contribution in [3.05, 3.63) is 97.4 Å². The van der Waals surface area contributed by atoms with Gasteiger partial charge in [-0.05, 0) is 79.9 Å². The Morgan fingerprint density at radius 2 is 1.22 bits per heavy atom. The van der Waals surface area contributed by atoms with E-state index in [9.17, 15) is 14.2 Å². The molecular weight excluding hydrogens is 551 g/mol. The van der Waals surface area contributed by atoms with Crippen LogP contribution in [0.4, 0.5) is 0 Å². The minimum absolute atomic E-state index is 0.101. The average molecular weight is 576 g/mol. The van der Waals surface area contributed by atoms with Crippen LogP contribution < -0.4 is 5.30 Å². The van der Waals surface area contributed by atoms with E-state index in [0.717, 1.165) is 16.7 Å². The van der Waals surface area contributed by atoms with Crippen molar-refractivity contribution in [1.29, 1.82) is 0 Å². The molecular formula is C26H25Br2O3P. The number of hydrogen-bond donors (Lipinski definition) is 0. The summed E-state index contributed by atoms with van der Waals surface area (Å²) < 4.78 is 15.5. The topological polar surface area (TPSA) is 51.2 Å². The Hall–Kier alpha value is -1.81. The lowest BCUT2D eigenvalue weighted by atomic mass is 9.84. The molecule has 1 atom stereocenters. The largest absolute Gasteiger partial charge is 0.302 e. The van der Waals surface area contributed by atoms with E-state index in [1.54, 1.807) is 48.5 Å². The van der Waals surface area contributed by atoms with Gasteiger partial charge in [-0.1, -0.05) is 69.3 Å².